The van der Waals surface area contributed by atoms with Crippen molar-refractivity contribution in [2.45, 2.75) is 20.0 Å². The zero-order valence-electron chi connectivity index (χ0n) is 10.1. The highest BCUT2D eigenvalue weighted by atomic mass is 16.3. The summed E-state index contributed by atoms with van der Waals surface area (Å²) in [5, 5.41) is 12.0. The van der Waals surface area contributed by atoms with Gasteiger partial charge < -0.3 is 14.8 Å². The van der Waals surface area contributed by atoms with E-state index in [1.165, 1.54) is 6.26 Å². The molecule has 1 aromatic heterocycles. The molecule has 0 fully saturated rings. The fourth-order valence-electron chi connectivity index (χ4n) is 1.79. The fraction of sp³-hybridized carbons (Fsp3) is 0.214. The van der Waals surface area contributed by atoms with E-state index in [4.69, 9.17) is 4.42 Å². The van der Waals surface area contributed by atoms with Gasteiger partial charge in [0, 0.05) is 17.7 Å². The Kier molecular flexibility index (Phi) is 3.79. The second kappa shape index (κ2) is 5.51. The van der Waals surface area contributed by atoms with E-state index >= 15 is 0 Å². The molecule has 18 heavy (non-hydrogen) atoms. The number of carbonyl (C=O) groups excluding carboxylic acids is 1. The van der Waals surface area contributed by atoms with Gasteiger partial charge in [0.25, 0.3) is 5.91 Å². The predicted molar refractivity (Wildman–Crippen MR) is 68.4 cm³/mol. The van der Waals surface area contributed by atoms with Crippen LogP contribution in [0.4, 0.5) is 5.69 Å². The van der Waals surface area contributed by atoms with Crippen molar-refractivity contribution < 1.29 is 14.3 Å². The van der Waals surface area contributed by atoms with Gasteiger partial charge >= 0.3 is 0 Å². The summed E-state index contributed by atoms with van der Waals surface area (Å²) in [5.41, 5.74) is 1.84. The lowest BCUT2D eigenvalue weighted by molar-refractivity contribution is 0.102. The van der Waals surface area contributed by atoms with Crippen LogP contribution >= 0.6 is 0 Å². The quantitative estimate of drug-likeness (QED) is 0.870. The van der Waals surface area contributed by atoms with Crippen molar-refractivity contribution in [2.75, 3.05) is 5.32 Å². The molecule has 1 amide bonds. The van der Waals surface area contributed by atoms with Crippen molar-refractivity contribution in [3.05, 3.63) is 53.5 Å². The average molecular weight is 245 g/mol. The number of carbonyl (C=O) groups is 1. The van der Waals surface area contributed by atoms with Gasteiger partial charge in [-0.2, -0.15) is 0 Å². The Balaban J connectivity index is 2.21. The van der Waals surface area contributed by atoms with E-state index in [1.807, 2.05) is 19.1 Å². The van der Waals surface area contributed by atoms with Gasteiger partial charge in [-0.05, 0) is 12.1 Å². The van der Waals surface area contributed by atoms with Crippen LogP contribution in [0, 0.1) is 0 Å². The number of aliphatic hydroxyl groups excluding tert-OH is 1. The predicted octanol–water partition coefficient (Wildman–Crippen LogP) is 2.59. The van der Waals surface area contributed by atoms with Crippen LogP contribution in [0.25, 0.3) is 0 Å². The van der Waals surface area contributed by atoms with Gasteiger partial charge in [-0.3, -0.25) is 4.79 Å². The van der Waals surface area contributed by atoms with Crippen LogP contribution < -0.4 is 5.32 Å². The first-order valence-electron chi connectivity index (χ1n) is 5.82. The monoisotopic (exact) mass is 245 g/mol. The molecule has 0 bridgehead atoms. The molecule has 0 aliphatic carbocycles. The minimum atomic E-state index is -0.221. The number of amides is 1. The van der Waals surface area contributed by atoms with Crippen LogP contribution in [-0.4, -0.2) is 11.0 Å². The number of rotatable bonds is 4. The van der Waals surface area contributed by atoms with Crippen molar-refractivity contribution in [3.8, 4) is 0 Å². The Morgan fingerprint density at radius 2 is 2.11 bits per heavy atom. The average Bonchev–Trinajstić information content (AvgIpc) is 2.87. The first-order chi connectivity index (χ1) is 8.76. The molecule has 4 heteroatoms. The van der Waals surface area contributed by atoms with E-state index in [2.05, 4.69) is 5.32 Å². The van der Waals surface area contributed by atoms with E-state index < -0.39 is 0 Å². The minimum Gasteiger partial charge on any atom is -0.469 e. The Hall–Kier alpha value is -2.07. The van der Waals surface area contributed by atoms with Gasteiger partial charge in [-0.15, -0.1) is 0 Å². The van der Waals surface area contributed by atoms with Crippen molar-refractivity contribution >= 4 is 11.6 Å². The lowest BCUT2D eigenvalue weighted by atomic mass is 10.1. The van der Waals surface area contributed by atoms with Gasteiger partial charge in [0.15, 0.2) is 0 Å². The molecule has 0 aliphatic heterocycles. The van der Waals surface area contributed by atoms with E-state index in [1.54, 1.807) is 18.2 Å². The van der Waals surface area contributed by atoms with Crippen LogP contribution in [-0.2, 0) is 13.0 Å². The number of para-hydroxylation sites is 1. The number of benzene rings is 1. The summed E-state index contributed by atoms with van der Waals surface area (Å²) in [6.07, 6.45) is 2.17. The van der Waals surface area contributed by atoms with Crippen LogP contribution in [0.1, 0.15) is 28.6 Å². The molecule has 2 N–H and O–H groups in total. The van der Waals surface area contributed by atoms with Crippen LogP contribution in [0.2, 0.25) is 0 Å². The molecule has 0 aliphatic rings. The Labute approximate surface area is 105 Å². The summed E-state index contributed by atoms with van der Waals surface area (Å²) in [5.74, 6) is 0.440. The van der Waals surface area contributed by atoms with E-state index in [0.717, 1.165) is 0 Å². The lowest BCUT2D eigenvalue weighted by Gasteiger charge is -2.08. The number of aryl methyl sites for hydroxylation is 1. The molecule has 0 saturated heterocycles. The molecule has 0 unspecified atom stereocenters. The maximum atomic E-state index is 12.1. The summed E-state index contributed by atoms with van der Waals surface area (Å²) in [7, 11) is 0. The second-order valence-corrected chi connectivity index (χ2v) is 3.88. The maximum absolute atomic E-state index is 12.1. The van der Waals surface area contributed by atoms with Crippen molar-refractivity contribution in [3.63, 3.8) is 0 Å². The number of hydrogen-bond donors (Lipinski definition) is 2. The molecule has 1 aromatic carbocycles. The molecule has 0 radical (unpaired) electrons. The van der Waals surface area contributed by atoms with E-state index in [0.29, 0.717) is 29.0 Å². The first kappa shape index (κ1) is 12.4. The molecule has 2 aromatic rings. The zero-order chi connectivity index (χ0) is 13.0. The lowest BCUT2D eigenvalue weighted by Crippen LogP contribution is -2.14. The van der Waals surface area contributed by atoms with Crippen molar-refractivity contribution in [1.82, 2.24) is 0 Å². The van der Waals surface area contributed by atoms with E-state index in [9.17, 15) is 9.90 Å². The molecular weight excluding hydrogens is 230 g/mol. The van der Waals surface area contributed by atoms with E-state index in [-0.39, 0.29) is 12.5 Å². The Morgan fingerprint density at radius 3 is 2.83 bits per heavy atom. The zero-order valence-corrected chi connectivity index (χ0v) is 10.1. The Morgan fingerprint density at radius 1 is 1.33 bits per heavy atom. The summed E-state index contributed by atoms with van der Waals surface area (Å²) < 4.78 is 5.22. The molecule has 0 spiro atoms. The highest BCUT2D eigenvalue weighted by molar-refractivity contribution is 6.05. The molecular formula is C14H15NO3. The fourth-order valence-corrected chi connectivity index (χ4v) is 1.79. The van der Waals surface area contributed by atoms with Gasteiger partial charge in [-0.1, -0.05) is 25.1 Å². The summed E-state index contributed by atoms with van der Waals surface area (Å²) in [6.45, 7) is 1.82. The summed E-state index contributed by atoms with van der Waals surface area (Å²) >= 11 is 0. The normalized spacial score (nSPS) is 10.3. The molecule has 1 heterocycles. The molecule has 0 saturated carbocycles. The highest BCUT2D eigenvalue weighted by Gasteiger charge is 2.14. The third-order valence-electron chi connectivity index (χ3n) is 2.75. The maximum Gasteiger partial charge on any atom is 0.259 e. The summed E-state index contributed by atoms with van der Waals surface area (Å²) in [4.78, 5) is 12.1. The Bertz CT molecular complexity index is 545. The van der Waals surface area contributed by atoms with Gasteiger partial charge in [0.2, 0.25) is 0 Å². The van der Waals surface area contributed by atoms with Crippen molar-refractivity contribution in [1.29, 1.82) is 0 Å². The second-order valence-electron chi connectivity index (χ2n) is 3.88. The van der Waals surface area contributed by atoms with Gasteiger partial charge in [0.1, 0.15) is 5.76 Å². The van der Waals surface area contributed by atoms with Crippen LogP contribution in [0.3, 0.4) is 0 Å². The number of hydrogen-bond acceptors (Lipinski definition) is 3. The number of furan rings is 1. The largest absolute Gasteiger partial charge is 0.469 e. The molecule has 94 valence electrons. The number of anilines is 1. The SMILES string of the molecule is CCc1occc1C(=O)Nc1ccccc1CO. The highest BCUT2D eigenvalue weighted by Crippen LogP contribution is 2.18. The third-order valence-corrected chi connectivity index (χ3v) is 2.75. The third kappa shape index (κ3) is 2.43. The van der Waals surface area contributed by atoms with Gasteiger partial charge in [-0.25, -0.2) is 0 Å². The molecule has 2 rings (SSSR count). The number of nitrogens with one attached hydrogen (secondary N) is 1. The van der Waals surface area contributed by atoms with Crippen molar-refractivity contribution in [2.24, 2.45) is 0 Å². The molecule has 4 nitrogen and oxygen atoms in total. The standard InChI is InChI=1S/C14H15NO3/c1-2-13-11(7-8-18-13)14(17)15-12-6-4-3-5-10(12)9-16/h3-8,16H,2,9H2,1H3,(H,15,17). The number of aliphatic hydroxyl groups is 1. The smallest absolute Gasteiger partial charge is 0.259 e. The first-order valence-corrected chi connectivity index (χ1v) is 5.82. The minimum absolute atomic E-state index is 0.109. The molecule has 0 atom stereocenters. The summed E-state index contributed by atoms with van der Waals surface area (Å²) in [6, 6.07) is 8.80. The van der Waals surface area contributed by atoms with Gasteiger partial charge in [0.05, 0.1) is 18.4 Å². The topological polar surface area (TPSA) is 62.5 Å². The van der Waals surface area contributed by atoms with Crippen LogP contribution in [0.5, 0.6) is 0 Å². The van der Waals surface area contributed by atoms with Crippen LogP contribution in [0.15, 0.2) is 41.0 Å².